The monoisotopic (exact) mass is 314 g/mol. The van der Waals surface area contributed by atoms with Crippen LogP contribution in [0.4, 0.5) is 4.79 Å². The van der Waals surface area contributed by atoms with Crippen molar-refractivity contribution in [1.82, 2.24) is 15.1 Å². The Labute approximate surface area is 133 Å². The molecule has 1 heterocycles. The molecule has 0 unspecified atom stereocenters. The molecule has 1 rings (SSSR count). The van der Waals surface area contributed by atoms with Crippen LogP contribution >= 0.6 is 0 Å². The number of nitrogens with zero attached hydrogens (tertiary/aromatic N) is 2. The number of carbonyl (C=O) groups is 2. The van der Waals surface area contributed by atoms with Crippen LogP contribution in [-0.2, 0) is 9.53 Å². The summed E-state index contributed by atoms with van der Waals surface area (Å²) in [6, 6.07) is 0. The molecule has 2 amide bonds. The van der Waals surface area contributed by atoms with Gasteiger partial charge in [0.2, 0.25) is 5.91 Å². The normalized spacial score (nSPS) is 17.3. The zero-order chi connectivity index (χ0) is 17.0. The van der Waals surface area contributed by atoms with E-state index in [1.54, 1.807) is 0 Å². The lowest BCUT2D eigenvalue weighted by atomic mass is 9.89. The molecule has 0 aliphatic carbocycles. The van der Waals surface area contributed by atoms with Crippen LogP contribution in [0.1, 0.15) is 34.6 Å². The van der Waals surface area contributed by atoms with Crippen LogP contribution in [0.5, 0.6) is 0 Å². The van der Waals surface area contributed by atoms with Crippen molar-refractivity contribution < 1.29 is 14.3 Å². The molecular weight excluding hydrogens is 284 g/mol. The third-order valence-electron chi connectivity index (χ3n) is 3.83. The fourth-order valence-electron chi connectivity index (χ4n) is 2.41. The lowest BCUT2D eigenvalue weighted by Crippen LogP contribution is -2.76. The largest absolute Gasteiger partial charge is 0.444 e. The maximum absolute atomic E-state index is 11.9. The number of nitrogens with one attached hydrogen (secondary N) is 1. The van der Waals surface area contributed by atoms with E-state index < -0.39 is 23.1 Å². The van der Waals surface area contributed by atoms with Gasteiger partial charge in [0, 0.05) is 13.1 Å². The lowest BCUT2D eigenvalue weighted by Gasteiger charge is -2.48. The highest BCUT2D eigenvalue weighted by atomic mass is 16.6. The molecule has 1 saturated heterocycles. The average molecular weight is 314 g/mol. The van der Waals surface area contributed by atoms with Gasteiger partial charge < -0.3 is 20.3 Å². The maximum atomic E-state index is 11.9. The van der Waals surface area contributed by atoms with Gasteiger partial charge in [0.1, 0.15) is 11.1 Å². The van der Waals surface area contributed by atoms with Gasteiger partial charge in [-0.2, -0.15) is 0 Å². The van der Waals surface area contributed by atoms with Crippen LogP contribution in [-0.4, -0.2) is 72.2 Å². The Bertz CT molecular complexity index is 396. The Kier molecular flexibility index (Phi) is 6.19. The van der Waals surface area contributed by atoms with Gasteiger partial charge in [-0.1, -0.05) is 13.8 Å². The number of carbonyl (C=O) groups excluding carboxylic acids is 2. The van der Waals surface area contributed by atoms with Gasteiger partial charge in [0.05, 0.1) is 13.1 Å². The number of hydrogen-bond donors (Lipinski definition) is 2. The zero-order valence-corrected chi connectivity index (χ0v) is 14.4. The van der Waals surface area contributed by atoms with Crippen molar-refractivity contribution in [3.63, 3.8) is 0 Å². The number of likely N-dealkylation sites (tertiary alicyclic amines) is 1. The molecule has 0 atom stereocenters. The first-order chi connectivity index (χ1) is 10.1. The molecule has 0 saturated carbocycles. The minimum atomic E-state index is -0.829. The Morgan fingerprint density at radius 3 is 2.23 bits per heavy atom. The molecule has 128 valence electrons. The number of amides is 2. The summed E-state index contributed by atoms with van der Waals surface area (Å²) in [6.45, 7) is 13.6. The number of nitrogens with two attached hydrogens (primary N) is 1. The van der Waals surface area contributed by atoms with Crippen molar-refractivity contribution in [3.8, 4) is 0 Å². The van der Waals surface area contributed by atoms with Crippen molar-refractivity contribution in [1.29, 1.82) is 0 Å². The van der Waals surface area contributed by atoms with Crippen molar-refractivity contribution in [2.24, 2.45) is 5.73 Å². The van der Waals surface area contributed by atoms with Crippen LogP contribution < -0.4 is 11.1 Å². The average Bonchev–Trinajstić information content (AvgIpc) is 2.34. The van der Waals surface area contributed by atoms with Gasteiger partial charge in [-0.05, 0) is 33.9 Å². The highest BCUT2D eigenvalue weighted by Crippen LogP contribution is 2.23. The molecule has 0 aromatic rings. The van der Waals surface area contributed by atoms with E-state index in [0.717, 1.165) is 19.6 Å². The first-order valence-electron chi connectivity index (χ1n) is 7.88. The Morgan fingerprint density at radius 1 is 1.27 bits per heavy atom. The molecule has 1 fully saturated rings. The summed E-state index contributed by atoms with van der Waals surface area (Å²) in [4.78, 5) is 27.4. The second-order valence-corrected chi connectivity index (χ2v) is 6.74. The molecule has 7 heteroatoms. The third kappa shape index (κ3) is 4.84. The number of rotatable bonds is 7. The number of ether oxygens (including phenoxy) is 1. The summed E-state index contributed by atoms with van der Waals surface area (Å²) in [5, 5.41) is 3.21. The van der Waals surface area contributed by atoms with Crippen LogP contribution in [0.25, 0.3) is 0 Å². The molecule has 22 heavy (non-hydrogen) atoms. The van der Waals surface area contributed by atoms with Gasteiger partial charge in [-0.15, -0.1) is 0 Å². The highest BCUT2D eigenvalue weighted by molar-refractivity contribution is 5.88. The summed E-state index contributed by atoms with van der Waals surface area (Å²) in [5.74, 6) is -0.424. The van der Waals surface area contributed by atoms with E-state index in [9.17, 15) is 9.59 Å². The minimum Gasteiger partial charge on any atom is -0.444 e. The third-order valence-corrected chi connectivity index (χ3v) is 3.83. The maximum Gasteiger partial charge on any atom is 0.410 e. The van der Waals surface area contributed by atoms with E-state index in [4.69, 9.17) is 10.5 Å². The highest BCUT2D eigenvalue weighted by Gasteiger charge is 2.50. The Balaban J connectivity index is 2.49. The fraction of sp³-hybridized carbons (Fsp3) is 0.867. The Morgan fingerprint density at radius 2 is 1.82 bits per heavy atom. The molecule has 0 spiro atoms. The second kappa shape index (κ2) is 7.28. The molecule has 0 aromatic heterocycles. The molecular formula is C15H30N4O3. The van der Waals surface area contributed by atoms with Crippen LogP contribution in [0.2, 0.25) is 0 Å². The van der Waals surface area contributed by atoms with Gasteiger partial charge >= 0.3 is 6.09 Å². The molecule has 1 aliphatic rings. The molecule has 0 aromatic carbocycles. The van der Waals surface area contributed by atoms with Crippen molar-refractivity contribution in [2.45, 2.75) is 45.8 Å². The van der Waals surface area contributed by atoms with E-state index in [1.165, 1.54) is 4.90 Å². The molecule has 3 N–H and O–H groups in total. The predicted molar refractivity (Wildman–Crippen MR) is 85.5 cm³/mol. The molecule has 7 nitrogen and oxygen atoms in total. The van der Waals surface area contributed by atoms with Crippen molar-refractivity contribution in [3.05, 3.63) is 0 Å². The number of primary amides is 1. The van der Waals surface area contributed by atoms with Crippen molar-refractivity contribution in [2.75, 3.05) is 39.3 Å². The first kappa shape index (κ1) is 18.7. The van der Waals surface area contributed by atoms with E-state index in [0.29, 0.717) is 6.54 Å². The SMILES string of the molecule is CCN(CC)CCNC1(C(N)=O)CN(C(=O)OC(C)(C)C)C1. The quantitative estimate of drug-likeness (QED) is 0.710. The molecule has 0 radical (unpaired) electrons. The summed E-state index contributed by atoms with van der Waals surface area (Å²) in [5.41, 5.74) is 4.14. The number of likely N-dealkylation sites (N-methyl/N-ethyl adjacent to an activating group) is 1. The number of hydrogen-bond acceptors (Lipinski definition) is 5. The first-order valence-corrected chi connectivity index (χ1v) is 7.88. The van der Waals surface area contributed by atoms with Gasteiger partial charge in [-0.3, -0.25) is 10.1 Å². The van der Waals surface area contributed by atoms with Crippen LogP contribution in [0.15, 0.2) is 0 Å². The lowest BCUT2D eigenvalue weighted by molar-refractivity contribution is -0.131. The second-order valence-electron chi connectivity index (χ2n) is 6.74. The van der Waals surface area contributed by atoms with Gasteiger partial charge in [0.15, 0.2) is 0 Å². The van der Waals surface area contributed by atoms with Crippen LogP contribution in [0.3, 0.4) is 0 Å². The molecule has 1 aliphatic heterocycles. The van der Waals surface area contributed by atoms with Gasteiger partial charge in [0.25, 0.3) is 0 Å². The molecule has 0 bridgehead atoms. The topological polar surface area (TPSA) is 87.9 Å². The van der Waals surface area contributed by atoms with E-state index in [-0.39, 0.29) is 13.1 Å². The minimum absolute atomic E-state index is 0.259. The summed E-state index contributed by atoms with van der Waals surface area (Å²) >= 11 is 0. The smallest absolute Gasteiger partial charge is 0.410 e. The Hall–Kier alpha value is -1.34. The van der Waals surface area contributed by atoms with E-state index in [2.05, 4.69) is 24.1 Å². The summed E-state index contributed by atoms with van der Waals surface area (Å²) < 4.78 is 5.29. The van der Waals surface area contributed by atoms with E-state index >= 15 is 0 Å². The standard InChI is InChI=1S/C15H30N4O3/c1-6-18(7-2)9-8-17-15(12(16)20)10-19(11-15)13(21)22-14(3,4)5/h17H,6-11H2,1-5H3,(H2,16,20). The summed E-state index contributed by atoms with van der Waals surface area (Å²) in [6.07, 6.45) is -0.407. The zero-order valence-electron chi connectivity index (χ0n) is 14.4. The van der Waals surface area contributed by atoms with Gasteiger partial charge in [-0.25, -0.2) is 4.79 Å². The fourth-order valence-corrected chi connectivity index (χ4v) is 2.41. The predicted octanol–water partition coefficient (Wildman–Crippen LogP) is 0.393. The van der Waals surface area contributed by atoms with Crippen molar-refractivity contribution >= 4 is 12.0 Å². The summed E-state index contributed by atoms with van der Waals surface area (Å²) in [7, 11) is 0. The van der Waals surface area contributed by atoms with Crippen LogP contribution in [0, 0.1) is 0 Å². The van der Waals surface area contributed by atoms with E-state index in [1.807, 2.05) is 20.8 Å².